The summed E-state index contributed by atoms with van der Waals surface area (Å²) < 4.78 is 19.4. The number of aromatic nitrogens is 5. The third-order valence-electron chi connectivity index (χ3n) is 4.74. The van der Waals surface area contributed by atoms with E-state index >= 15 is 0 Å². The molecule has 1 N–H and O–H groups in total. The molecular formula is C22H20Cl2N6O4. The first kappa shape index (κ1) is 23.4. The number of anilines is 1. The maximum absolute atomic E-state index is 12.6. The van der Waals surface area contributed by atoms with Gasteiger partial charge >= 0.3 is 0 Å². The molecule has 10 nitrogen and oxygen atoms in total. The number of ether oxygens (including phenoxy) is 3. The zero-order valence-electron chi connectivity index (χ0n) is 18.2. The summed E-state index contributed by atoms with van der Waals surface area (Å²) in [7, 11) is 3.08. The van der Waals surface area contributed by atoms with E-state index in [-0.39, 0.29) is 18.4 Å². The third kappa shape index (κ3) is 5.24. The molecule has 176 valence electrons. The molecule has 0 bridgehead atoms. The van der Waals surface area contributed by atoms with Crippen molar-refractivity contribution in [2.75, 3.05) is 19.5 Å². The van der Waals surface area contributed by atoms with Crippen molar-refractivity contribution in [3.8, 4) is 17.2 Å². The number of hydrogen-bond acceptors (Lipinski definition) is 7. The zero-order valence-corrected chi connectivity index (χ0v) is 19.7. The van der Waals surface area contributed by atoms with Gasteiger partial charge in [-0.15, -0.1) is 5.10 Å². The molecule has 2 heterocycles. The van der Waals surface area contributed by atoms with Crippen LogP contribution in [0.2, 0.25) is 10.0 Å². The van der Waals surface area contributed by atoms with E-state index < -0.39 is 5.91 Å². The van der Waals surface area contributed by atoms with E-state index in [1.54, 1.807) is 48.7 Å². The molecule has 0 radical (unpaired) electrons. The molecular weight excluding hydrogens is 483 g/mol. The van der Waals surface area contributed by atoms with Crippen molar-refractivity contribution in [1.82, 2.24) is 24.5 Å². The number of nitrogens with one attached hydrogen (secondary N) is 1. The zero-order chi connectivity index (χ0) is 24.1. The number of hydrogen-bond donors (Lipinski definition) is 1. The molecule has 0 aliphatic rings. The molecule has 4 rings (SSSR count). The highest BCUT2D eigenvalue weighted by atomic mass is 35.5. The fourth-order valence-corrected chi connectivity index (χ4v) is 3.60. The van der Waals surface area contributed by atoms with Crippen LogP contribution in [0.5, 0.6) is 17.2 Å². The van der Waals surface area contributed by atoms with Crippen molar-refractivity contribution in [3.05, 3.63) is 76.3 Å². The van der Waals surface area contributed by atoms with E-state index in [0.29, 0.717) is 39.4 Å². The van der Waals surface area contributed by atoms with Crippen molar-refractivity contribution in [1.29, 1.82) is 0 Å². The lowest BCUT2D eigenvalue weighted by Gasteiger charge is -2.13. The first-order valence-electron chi connectivity index (χ1n) is 9.99. The van der Waals surface area contributed by atoms with Gasteiger partial charge in [0, 0.05) is 21.8 Å². The Morgan fingerprint density at radius 2 is 1.65 bits per heavy atom. The first-order valence-corrected chi connectivity index (χ1v) is 10.7. The largest absolute Gasteiger partial charge is 0.493 e. The molecule has 4 aromatic rings. The van der Waals surface area contributed by atoms with Gasteiger partial charge in [0.1, 0.15) is 6.33 Å². The normalized spacial score (nSPS) is 10.7. The van der Waals surface area contributed by atoms with Crippen LogP contribution in [0.4, 0.5) is 5.95 Å². The van der Waals surface area contributed by atoms with Crippen LogP contribution in [0.25, 0.3) is 0 Å². The summed E-state index contributed by atoms with van der Waals surface area (Å²) in [6, 6.07) is 12.1. The van der Waals surface area contributed by atoms with Crippen LogP contribution in [0, 0.1) is 0 Å². The van der Waals surface area contributed by atoms with E-state index in [1.807, 2.05) is 0 Å². The second-order valence-corrected chi connectivity index (χ2v) is 7.74. The molecule has 1 amide bonds. The topological polar surface area (TPSA) is 105 Å². The minimum Gasteiger partial charge on any atom is -0.493 e. The quantitative estimate of drug-likeness (QED) is 0.366. The maximum atomic E-state index is 12.6. The Hall–Kier alpha value is -3.76. The van der Waals surface area contributed by atoms with Gasteiger partial charge < -0.3 is 14.2 Å². The van der Waals surface area contributed by atoms with Crippen molar-refractivity contribution >= 4 is 35.1 Å². The van der Waals surface area contributed by atoms with E-state index in [1.165, 1.54) is 29.9 Å². The van der Waals surface area contributed by atoms with Gasteiger partial charge in [-0.2, -0.15) is 5.10 Å². The number of nitrogens with zero attached hydrogens (tertiary/aromatic N) is 5. The standard InChI is InChI=1S/C22H20Cl2N6O4/c1-32-18-7-4-8-19(33-2)20(18)34-13-29-10-9-17(27-29)21(31)26-22-25-12-30(28-22)11-14-15(23)5-3-6-16(14)24/h3-10,12H,11,13H2,1-2H3,(H,26,28,31). The summed E-state index contributed by atoms with van der Waals surface area (Å²) in [4.78, 5) is 16.7. The Labute approximate surface area is 205 Å². The molecule has 2 aromatic carbocycles. The Bertz CT molecular complexity index is 1260. The minimum atomic E-state index is -0.470. The van der Waals surface area contributed by atoms with Crippen LogP contribution in [0.1, 0.15) is 16.1 Å². The lowest BCUT2D eigenvalue weighted by molar-refractivity contribution is 0.101. The molecule has 0 aliphatic carbocycles. The summed E-state index contributed by atoms with van der Waals surface area (Å²) in [5.74, 6) is 1.12. The van der Waals surface area contributed by atoms with Crippen LogP contribution in [0.3, 0.4) is 0 Å². The number of carbonyl (C=O) groups excluding carboxylic acids is 1. The fraction of sp³-hybridized carbons (Fsp3) is 0.182. The Morgan fingerprint density at radius 3 is 2.32 bits per heavy atom. The number of methoxy groups -OCH3 is 2. The van der Waals surface area contributed by atoms with Crippen LogP contribution in [-0.4, -0.2) is 44.7 Å². The second kappa shape index (κ2) is 10.4. The lowest BCUT2D eigenvalue weighted by Crippen LogP contribution is -2.15. The molecule has 0 fully saturated rings. The van der Waals surface area contributed by atoms with Crippen LogP contribution in [-0.2, 0) is 13.3 Å². The summed E-state index contributed by atoms with van der Waals surface area (Å²) >= 11 is 12.4. The van der Waals surface area contributed by atoms with Gasteiger partial charge in [0.15, 0.2) is 23.9 Å². The Morgan fingerprint density at radius 1 is 0.971 bits per heavy atom. The fourth-order valence-electron chi connectivity index (χ4n) is 3.08. The number of benzene rings is 2. The summed E-state index contributed by atoms with van der Waals surface area (Å²) in [5.41, 5.74) is 0.875. The van der Waals surface area contributed by atoms with E-state index in [9.17, 15) is 4.79 Å². The summed E-state index contributed by atoms with van der Waals surface area (Å²) in [5, 5.41) is 12.1. The molecule has 0 atom stereocenters. The number of halogens is 2. The molecule has 34 heavy (non-hydrogen) atoms. The molecule has 0 saturated heterocycles. The third-order valence-corrected chi connectivity index (χ3v) is 5.45. The minimum absolute atomic E-state index is 0.0372. The average molecular weight is 503 g/mol. The van der Waals surface area contributed by atoms with Crippen molar-refractivity contribution in [2.45, 2.75) is 13.3 Å². The predicted octanol–water partition coefficient (Wildman–Crippen LogP) is 4.14. The van der Waals surface area contributed by atoms with Gasteiger partial charge in [0.25, 0.3) is 5.91 Å². The van der Waals surface area contributed by atoms with E-state index in [0.717, 1.165) is 0 Å². The van der Waals surface area contributed by atoms with Gasteiger partial charge in [0.05, 0.1) is 20.8 Å². The molecule has 12 heteroatoms. The highest BCUT2D eigenvalue weighted by molar-refractivity contribution is 6.35. The predicted molar refractivity (Wildman–Crippen MR) is 126 cm³/mol. The highest BCUT2D eigenvalue weighted by Gasteiger charge is 2.15. The molecule has 0 spiro atoms. The van der Waals surface area contributed by atoms with Crippen LogP contribution in [0.15, 0.2) is 55.0 Å². The average Bonchev–Trinajstić information content (AvgIpc) is 3.49. The van der Waals surface area contributed by atoms with Crippen molar-refractivity contribution < 1.29 is 19.0 Å². The summed E-state index contributed by atoms with van der Waals surface area (Å²) in [6.07, 6.45) is 3.09. The lowest BCUT2D eigenvalue weighted by atomic mass is 10.2. The second-order valence-electron chi connectivity index (χ2n) is 6.93. The van der Waals surface area contributed by atoms with Crippen molar-refractivity contribution in [3.63, 3.8) is 0 Å². The van der Waals surface area contributed by atoms with Gasteiger partial charge in [-0.25, -0.2) is 14.3 Å². The Balaban J connectivity index is 1.38. The first-order chi connectivity index (χ1) is 16.5. The van der Waals surface area contributed by atoms with Crippen molar-refractivity contribution in [2.24, 2.45) is 0 Å². The SMILES string of the molecule is COc1cccc(OC)c1OCn1ccc(C(=O)Nc2ncn(Cc3c(Cl)cccc3Cl)n2)n1. The smallest absolute Gasteiger partial charge is 0.278 e. The van der Waals surface area contributed by atoms with E-state index in [4.69, 9.17) is 37.4 Å². The number of para-hydroxylation sites is 1. The number of rotatable bonds is 9. The number of amides is 1. The number of carbonyl (C=O) groups is 1. The maximum Gasteiger partial charge on any atom is 0.278 e. The van der Waals surface area contributed by atoms with Gasteiger partial charge in [-0.1, -0.05) is 35.3 Å². The highest BCUT2D eigenvalue weighted by Crippen LogP contribution is 2.36. The van der Waals surface area contributed by atoms with E-state index in [2.05, 4.69) is 20.5 Å². The monoisotopic (exact) mass is 502 g/mol. The Kier molecular flexibility index (Phi) is 7.19. The van der Waals surface area contributed by atoms with Crippen LogP contribution >= 0.6 is 23.2 Å². The summed E-state index contributed by atoms with van der Waals surface area (Å²) in [6.45, 7) is 0.342. The van der Waals surface area contributed by atoms with Crippen LogP contribution < -0.4 is 19.5 Å². The molecule has 0 unspecified atom stereocenters. The molecule has 0 saturated carbocycles. The molecule has 2 aromatic heterocycles. The van der Waals surface area contributed by atoms with Gasteiger partial charge in [0.2, 0.25) is 11.7 Å². The van der Waals surface area contributed by atoms with Gasteiger partial charge in [-0.05, 0) is 30.3 Å². The molecule has 0 aliphatic heterocycles. The van der Waals surface area contributed by atoms with Gasteiger partial charge in [-0.3, -0.25) is 10.1 Å².